The van der Waals surface area contributed by atoms with Gasteiger partial charge in [-0.15, -0.1) is 0 Å². The van der Waals surface area contributed by atoms with Gasteiger partial charge >= 0.3 is 0 Å². The predicted octanol–water partition coefficient (Wildman–Crippen LogP) is 3.74. The summed E-state index contributed by atoms with van der Waals surface area (Å²) < 4.78 is 0. The molecule has 0 aliphatic heterocycles. The summed E-state index contributed by atoms with van der Waals surface area (Å²) in [5, 5.41) is 3.63. The summed E-state index contributed by atoms with van der Waals surface area (Å²) in [5.41, 5.74) is 2.92. The monoisotopic (exact) mass is 231 g/mol. The number of hydrogen-bond acceptors (Lipinski definition) is 1. The maximum atomic E-state index is 3.63. The Balaban J connectivity index is 1.96. The van der Waals surface area contributed by atoms with Crippen molar-refractivity contribution in [1.82, 2.24) is 5.32 Å². The van der Waals surface area contributed by atoms with Crippen molar-refractivity contribution in [3.8, 4) is 0 Å². The Hall–Kier alpha value is -0.820. The molecule has 94 valence electrons. The molecule has 17 heavy (non-hydrogen) atoms. The van der Waals surface area contributed by atoms with Crippen LogP contribution in [-0.4, -0.2) is 12.6 Å². The lowest BCUT2D eigenvalue weighted by molar-refractivity contribution is 0.472. The van der Waals surface area contributed by atoms with Crippen LogP contribution in [0.25, 0.3) is 0 Å². The predicted molar refractivity (Wildman–Crippen MR) is 74.4 cm³/mol. The van der Waals surface area contributed by atoms with Gasteiger partial charge in [0.2, 0.25) is 0 Å². The van der Waals surface area contributed by atoms with E-state index < -0.39 is 0 Å². The Kier molecular flexibility index (Phi) is 4.22. The van der Waals surface area contributed by atoms with E-state index in [1.165, 1.54) is 30.4 Å². The van der Waals surface area contributed by atoms with Gasteiger partial charge in [0.25, 0.3) is 0 Å². The number of nitrogens with one attached hydrogen (secondary N) is 1. The van der Waals surface area contributed by atoms with Gasteiger partial charge in [-0.1, -0.05) is 45.0 Å². The second-order valence-electron chi connectivity index (χ2n) is 5.60. The molecule has 1 aromatic rings. The molecular formula is C16H25N. The summed E-state index contributed by atoms with van der Waals surface area (Å²) in [4.78, 5) is 0. The molecule has 1 N–H and O–H groups in total. The Morgan fingerprint density at radius 3 is 2.29 bits per heavy atom. The lowest BCUT2D eigenvalue weighted by Gasteiger charge is -2.17. The second kappa shape index (κ2) is 5.68. The molecule has 1 unspecified atom stereocenters. The molecule has 1 aliphatic rings. The van der Waals surface area contributed by atoms with E-state index in [9.17, 15) is 0 Å². The lowest BCUT2D eigenvalue weighted by Crippen LogP contribution is -2.32. The van der Waals surface area contributed by atoms with Gasteiger partial charge in [0, 0.05) is 6.04 Å². The molecule has 0 heterocycles. The van der Waals surface area contributed by atoms with E-state index in [2.05, 4.69) is 50.4 Å². The minimum Gasteiger partial charge on any atom is -0.314 e. The molecule has 1 fully saturated rings. The van der Waals surface area contributed by atoms with E-state index in [0.29, 0.717) is 12.0 Å². The number of likely N-dealkylation sites (N-methyl/N-ethyl adjacent to an activating group) is 1. The van der Waals surface area contributed by atoms with Gasteiger partial charge in [-0.25, -0.2) is 0 Å². The molecule has 1 aromatic carbocycles. The minimum absolute atomic E-state index is 0.636. The summed E-state index contributed by atoms with van der Waals surface area (Å²) in [5.74, 6) is 1.57. The van der Waals surface area contributed by atoms with Crippen LogP contribution < -0.4 is 5.32 Å². The highest BCUT2D eigenvalue weighted by atomic mass is 14.9. The van der Waals surface area contributed by atoms with Crippen LogP contribution in [0.1, 0.15) is 50.7 Å². The van der Waals surface area contributed by atoms with Crippen molar-refractivity contribution in [2.45, 2.75) is 52.0 Å². The van der Waals surface area contributed by atoms with Crippen molar-refractivity contribution in [2.75, 3.05) is 6.54 Å². The van der Waals surface area contributed by atoms with E-state index in [0.717, 1.165) is 12.5 Å². The lowest BCUT2D eigenvalue weighted by atomic mass is 9.97. The molecular weight excluding hydrogens is 206 g/mol. The first kappa shape index (κ1) is 12.6. The molecule has 2 rings (SSSR count). The van der Waals surface area contributed by atoms with Crippen molar-refractivity contribution >= 4 is 0 Å². The van der Waals surface area contributed by atoms with Crippen molar-refractivity contribution in [2.24, 2.45) is 5.92 Å². The fourth-order valence-corrected chi connectivity index (χ4v) is 2.46. The molecule has 0 amide bonds. The zero-order valence-electron chi connectivity index (χ0n) is 11.4. The minimum atomic E-state index is 0.636. The molecule has 1 atom stereocenters. The first-order valence-corrected chi connectivity index (χ1v) is 7.03. The fourth-order valence-electron chi connectivity index (χ4n) is 2.46. The van der Waals surface area contributed by atoms with Gasteiger partial charge in [-0.2, -0.15) is 0 Å². The molecule has 1 saturated carbocycles. The van der Waals surface area contributed by atoms with Crippen LogP contribution in [0.2, 0.25) is 0 Å². The summed E-state index contributed by atoms with van der Waals surface area (Å²) in [6.45, 7) is 7.80. The molecule has 0 spiro atoms. The van der Waals surface area contributed by atoms with Crippen LogP contribution in [0.15, 0.2) is 24.3 Å². The number of benzene rings is 1. The molecule has 0 saturated heterocycles. The maximum Gasteiger partial charge on any atom is 0.0136 e. The smallest absolute Gasteiger partial charge is 0.0136 e. The van der Waals surface area contributed by atoms with E-state index in [1.807, 2.05) is 0 Å². The molecule has 0 aromatic heterocycles. The average Bonchev–Trinajstić information content (AvgIpc) is 3.13. The third-order valence-corrected chi connectivity index (χ3v) is 3.76. The summed E-state index contributed by atoms with van der Waals surface area (Å²) >= 11 is 0. The maximum absolute atomic E-state index is 3.63. The fraction of sp³-hybridized carbons (Fsp3) is 0.625. The van der Waals surface area contributed by atoms with Crippen LogP contribution in [0.3, 0.4) is 0 Å². The van der Waals surface area contributed by atoms with E-state index >= 15 is 0 Å². The average molecular weight is 231 g/mol. The van der Waals surface area contributed by atoms with Crippen LogP contribution in [0.5, 0.6) is 0 Å². The first-order valence-electron chi connectivity index (χ1n) is 7.03. The first-order chi connectivity index (χ1) is 8.20. The largest absolute Gasteiger partial charge is 0.314 e. The molecule has 0 radical (unpaired) electrons. The normalized spacial score (nSPS) is 17.4. The third-order valence-electron chi connectivity index (χ3n) is 3.76. The van der Waals surface area contributed by atoms with Crippen molar-refractivity contribution in [1.29, 1.82) is 0 Å². The highest BCUT2D eigenvalue weighted by Crippen LogP contribution is 2.34. The van der Waals surface area contributed by atoms with Gasteiger partial charge in [-0.3, -0.25) is 0 Å². The SMILES string of the molecule is CCNC(Cc1ccc(C(C)C)cc1)C1CC1. The van der Waals surface area contributed by atoms with E-state index in [4.69, 9.17) is 0 Å². The molecule has 0 bridgehead atoms. The van der Waals surface area contributed by atoms with Gasteiger partial charge in [0.15, 0.2) is 0 Å². The van der Waals surface area contributed by atoms with Gasteiger partial charge in [-0.05, 0) is 48.8 Å². The topological polar surface area (TPSA) is 12.0 Å². The standard InChI is InChI=1S/C16H25N/c1-4-17-16(15-9-10-15)11-13-5-7-14(8-6-13)12(2)3/h5-8,12,15-17H,4,9-11H2,1-3H3. The number of rotatable bonds is 6. The molecule has 1 nitrogen and oxygen atoms in total. The Labute approximate surface area is 106 Å². The highest BCUT2D eigenvalue weighted by Gasteiger charge is 2.30. The van der Waals surface area contributed by atoms with E-state index in [-0.39, 0.29) is 0 Å². The van der Waals surface area contributed by atoms with Crippen molar-refractivity contribution in [3.05, 3.63) is 35.4 Å². The van der Waals surface area contributed by atoms with E-state index in [1.54, 1.807) is 0 Å². The van der Waals surface area contributed by atoms with Crippen LogP contribution in [-0.2, 0) is 6.42 Å². The molecule has 1 aliphatic carbocycles. The molecule has 1 heteroatoms. The Morgan fingerprint density at radius 2 is 1.82 bits per heavy atom. The Morgan fingerprint density at radius 1 is 1.18 bits per heavy atom. The second-order valence-corrected chi connectivity index (χ2v) is 5.60. The van der Waals surface area contributed by atoms with Crippen molar-refractivity contribution in [3.63, 3.8) is 0 Å². The Bertz CT molecular complexity index is 335. The quantitative estimate of drug-likeness (QED) is 0.786. The number of hydrogen-bond donors (Lipinski definition) is 1. The summed E-state index contributed by atoms with van der Waals surface area (Å²) in [6.07, 6.45) is 4.03. The third kappa shape index (κ3) is 3.57. The summed E-state index contributed by atoms with van der Waals surface area (Å²) in [6, 6.07) is 9.89. The van der Waals surface area contributed by atoms with Crippen molar-refractivity contribution < 1.29 is 0 Å². The van der Waals surface area contributed by atoms with Gasteiger partial charge in [0.05, 0.1) is 0 Å². The van der Waals surface area contributed by atoms with Gasteiger partial charge in [0.1, 0.15) is 0 Å². The highest BCUT2D eigenvalue weighted by molar-refractivity contribution is 5.25. The zero-order valence-corrected chi connectivity index (χ0v) is 11.4. The van der Waals surface area contributed by atoms with Gasteiger partial charge < -0.3 is 5.32 Å². The zero-order chi connectivity index (χ0) is 12.3. The van der Waals surface area contributed by atoms with Crippen LogP contribution in [0, 0.1) is 5.92 Å². The summed E-state index contributed by atoms with van der Waals surface area (Å²) in [7, 11) is 0. The van der Waals surface area contributed by atoms with Crippen LogP contribution >= 0.6 is 0 Å². The van der Waals surface area contributed by atoms with Crippen LogP contribution in [0.4, 0.5) is 0 Å².